The molecular formula is C16H23N3O. The van der Waals surface area contributed by atoms with Crippen LogP contribution >= 0.6 is 0 Å². The molecule has 2 atom stereocenters. The first kappa shape index (κ1) is 14.6. The summed E-state index contributed by atoms with van der Waals surface area (Å²) in [4.78, 5) is 4.07. The van der Waals surface area contributed by atoms with Gasteiger partial charge in [-0.2, -0.15) is 0 Å². The average molecular weight is 273 g/mol. The van der Waals surface area contributed by atoms with Crippen molar-refractivity contribution in [1.29, 1.82) is 0 Å². The topological polar surface area (TPSA) is 39.1 Å². The molecule has 0 saturated heterocycles. The van der Waals surface area contributed by atoms with Gasteiger partial charge in [-0.15, -0.1) is 0 Å². The Labute approximate surface area is 120 Å². The number of benzene rings is 1. The number of nitrogens with zero attached hydrogens (tertiary/aromatic N) is 2. The van der Waals surface area contributed by atoms with E-state index in [2.05, 4.69) is 40.8 Å². The predicted octanol–water partition coefficient (Wildman–Crippen LogP) is 3.02. The van der Waals surface area contributed by atoms with Crippen molar-refractivity contribution in [3.63, 3.8) is 0 Å². The van der Waals surface area contributed by atoms with Crippen LogP contribution in [0.3, 0.4) is 0 Å². The normalized spacial score (nSPS) is 13.9. The molecule has 0 aliphatic carbocycles. The van der Waals surface area contributed by atoms with Crippen LogP contribution in [0.25, 0.3) is 0 Å². The minimum atomic E-state index is 0.361. The van der Waals surface area contributed by atoms with Crippen LogP contribution in [-0.2, 0) is 6.54 Å². The zero-order chi connectivity index (χ0) is 14.4. The van der Waals surface area contributed by atoms with Gasteiger partial charge in [0.1, 0.15) is 5.75 Å². The van der Waals surface area contributed by atoms with Crippen LogP contribution in [0.15, 0.2) is 43.0 Å². The smallest absolute Gasteiger partial charge is 0.118 e. The number of aromatic nitrogens is 2. The van der Waals surface area contributed by atoms with Gasteiger partial charge in [0.05, 0.1) is 13.4 Å². The molecule has 2 aromatic rings. The molecule has 20 heavy (non-hydrogen) atoms. The van der Waals surface area contributed by atoms with Crippen LogP contribution in [0.4, 0.5) is 0 Å². The lowest BCUT2D eigenvalue weighted by Gasteiger charge is -2.23. The Morgan fingerprint density at radius 2 is 2.05 bits per heavy atom. The van der Waals surface area contributed by atoms with Gasteiger partial charge in [-0.3, -0.25) is 0 Å². The van der Waals surface area contributed by atoms with Gasteiger partial charge in [-0.1, -0.05) is 19.1 Å². The van der Waals surface area contributed by atoms with Gasteiger partial charge < -0.3 is 14.6 Å². The molecule has 108 valence electrons. The lowest BCUT2D eigenvalue weighted by atomic mass is 10.0. The van der Waals surface area contributed by atoms with E-state index in [9.17, 15) is 0 Å². The molecule has 1 aromatic heterocycles. The van der Waals surface area contributed by atoms with Crippen LogP contribution in [0.1, 0.15) is 31.9 Å². The van der Waals surface area contributed by atoms with Crippen LogP contribution in [0.2, 0.25) is 0 Å². The van der Waals surface area contributed by atoms with Crippen molar-refractivity contribution in [3.05, 3.63) is 48.5 Å². The van der Waals surface area contributed by atoms with Crippen molar-refractivity contribution in [2.75, 3.05) is 7.11 Å². The summed E-state index contributed by atoms with van der Waals surface area (Å²) in [5.74, 6) is 0.898. The molecule has 0 spiro atoms. The third-order valence-electron chi connectivity index (χ3n) is 3.46. The molecule has 2 rings (SSSR count). The third kappa shape index (κ3) is 3.84. The fourth-order valence-electron chi connectivity index (χ4n) is 2.39. The first-order valence-corrected chi connectivity index (χ1v) is 7.08. The van der Waals surface area contributed by atoms with Crippen LogP contribution in [0.5, 0.6) is 5.75 Å². The summed E-state index contributed by atoms with van der Waals surface area (Å²) < 4.78 is 7.30. The third-order valence-corrected chi connectivity index (χ3v) is 3.46. The van der Waals surface area contributed by atoms with Crippen molar-refractivity contribution in [3.8, 4) is 5.75 Å². The number of imidazole rings is 1. The van der Waals surface area contributed by atoms with Gasteiger partial charge in [-0.25, -0.2) is 4.98 Å². The van der Waals surface area contributed by atoms with Crippen molar-refractivity contribution >= 4 is 0 Å². The maximum absolute atomic E-state index is 5.20. The lowest BCUT2D eigenvalue weighted by molar-refractivity contribution is 0.403. The van der Waals surface area contributed by atoms with E-state index in [1.54, 1.807) is 7.11 Å². The Bertz CT molecular complexity index is 493. The minimum Gasteiger partial charge on any atom is -0.497 e. The molecular weight excluding hydrogens is 250 g/mol. The highest BCUT2D eigenvalue weighted by atomic mass is 16.5. The summed E-state index contributed by atoms with van der Waals surface area (Å²) in [6, 6.07) is 9.03. The van der Waals surface area contributed by atoms with E-state index in [0.29, 0.717) is 12.1 Å². The molecule has 1 N–H and O–H groups in total. The highest BCUT2D eigenvalue weighted by molar-refractivity contribution is 5.29. The molecule has 0 amide bonds. The van der Waals surface area contributed by atoms with E-state index in [0.717, 1.165) is 18.7 Å². The highest BCUT2D eigenvalue weighted by Crippen LogP contribution is 2.20. The number of ether oxygens (including phenoxy) is 1. The highest BCUT2D eigenvalue weighted by Gasteiger charge is 2.12. The Balaban J connectivity index is 1.96. The summed E-state index contributed by atoms with van der Waals surface area (Å²) in [5, 5.41) is 3.67. The maximum Gasteiger partial charge on any atom is 0.118 e. The molecule has 0 aliphatic heterocycles. The van der Waals surface area contributed by atoms with E-state index >= 15 is 0 Å². The Morgan fingerprint density at radius 1 is 1.30 bits per heavy atom. The van der Waals surface area contributed by atoms with E-state index in [-0.39, 0.29) is 0 Å². The van der Waals surface area contributed by atoms with Gasteiger partial charge in [0.25, 0.3) is 0 Å². The molecule has 1 aromatic carbocycles. The Hall–Kier alpha value is -1.81. The molecule has 0 aliphatic rings. The van der Waals surface area contributed by atoms with Gasteiger partial charge in [0, 0.05) is 31.0 Å². The van der Waals surface area contributed by atoms with Crippen molar-refractivity contribution in [2.45, 2.75) is 38.9 Å². The number of methoxy groups -OCH3 is 1. The molecule has 0 radical (unpaired) electrons. The van der Waals surface area contributed by atoms with E-state index in [1.165, 1.54) is 5.56 Å². The minimum absolute atomic E-state index is 0.361. The van der Waals surface area contributed by atoms with E-state index in [4.69, 9.17) is 4.74 Å². The standard InChI is InChI=1S/C16H23N3O/c1-4-16(14-5-7-15(20-3)8-6-14)18-13(2)11-19-10-9-17-12-19/h5-10,12-13,16,18H,4,11H2,1-3H3. The van der Waals surface area contributed by atoms with Gasteiger partial charge in [0.15, 0.2) is 0 Å². The number of rotatable bonds is 7. The fourth-order valence-corrected chi connectivity index (χ4v) is 2.39. The molecule has 0 saturated carbocycles. The Kier molecular flexibility index (Phi) is 5.18. The fraction of sp³-hybridized carbons (Fsp3) is 0.438. The molecule has 0 fully saturated rings. The van der Waals surface area contributed by atoms with Crippen LogP contribution < -0.4 is 10.1 Å². The molecule has 4 heteroatoms. The maximum atomic E-state index is 5.20. The van der Waals surface area contributed by atoms with Crippen molar-refractivity contribution < 1.29 is 4.74 Å². The van der Waals surface area contributed by atoms with Crippen LogP contribution in [-0.4, -0.2) is 22.7 Å². The number of nitrogens with one attached hydrogen (secondary N) is 1. The number of hydrogen-bond donors (Lipinski definition) is 1. The summed E-state index contributed by atoms with van der Waals surface area (Å²) in [5.41, 5.74) is 1.30. The predicted molar refractivity (Wildman–Crippen MR) is 80.9 cm³/mol. The van der Waals surface area contributed by atoms with E-state index in [1.807, 2.05) is 30.9 Å². The van der Waals surface area contributed by atoms with E-state index < -0.39 is 0 Å². The SMILES string of the molecule is CCC(NC(C)Cn1ccnc1)c1ccc(OC)cc1. The van der Waals surface area contributed by atoms with Crippen molar-refractivity contribution in [1.82, 2.24) is 14.9 Å². The van der Waals surface area contributed by atoms with Gasteiger partial charge >= 0.3 is 0 Å². The first-order valence-electron chi connectivity index (χ1n) is 7.08. The quantitative estimate of drug-likeness (QED) is 0.843. The molecule has 2 unspecified atom stereocenters. The molecule has 1 heterocycles. The van der Waals surface area contributed by atoms with Gasteiger partial charge in [-0.05, 0) is 31.0 Å². The Morgan fingerprint density at radius 3 is 2.60 bits per heavy atom. The monoisotopic (exact) mass is 273 g/mol. The summed E-state index contributed by atoms with van der Waals surface area (Å²) >= 11 is 0. The zero-order valence-corrected chi connectivity index (χ0v) is 12.4. The molecule has 4 nitrogen and oxygen atoms in total. The first-order chi connectivity index (χ1) is 9.72. The molecule has 0 bridgehead atoms. The van der Waals surface area contributed by atoms with Crippen molar-refractivity contribution in [2.24, 2.45) is 0 Å². The summed E-state index contributed by atoms with van der Waals surface area (Å²) in [7, 11) is 1.69. The summed E-state index contributed by atoms with van der Waals surface area (Å²) in [6.07, 6.45) is 6.72. The largest absolute Gasteiger partial charge is 0.497 e. The summed E-state index contributed by atoms with van der Waals surface area (Å²) in [6.45, 7) is 5.32. The second-order valence-corrected chi connectivity index (χ2v) is 5.06. The van der Waals surface area contributed by atoms with Crippen LogP contribution in [0, 0.1) is 0 Å². The zero-order valence-electron chi connectivity index (χ0n) is 12.4. The van der Waals surface area contributed by atoms with Gasteiger partial charge in [0.2, 0.25) is 0 Å². The number of hydrogen-bond acceptors (Lipinski definition) is 3. The second kappa shape index (κ2) is 7.10. The average Bonchev–Trinajstić information content (AvgIpc) is 2.97. The lowest BCUT2D eigenvalue weighted by Crippen LogP contribution is -2.33. The second-order valence-electron chi connectivity index (χ2n) is 5.06.